The van der Waals surface area contributed by atoms with Crippen LogP contribution in [0.25, 0.3) is 0 Å². The van der Waals surface area contributed by atoms with Gasteiger partial charge in [0.15, 0.2) is 0 Å². The van der Waals surface area contributed by atoms with E-state index in [1.165, 1.54) is 0 Å². The summed E-state index contributed by atoms with van der Waals surface area (Å²) in [6.45, 7) is 7.22. The summed E-state index contributed by atoms with van der Waals surface area (Å²) in [7, 11) is 1.76. The number of hydrogen-bond donors (Lipinski definition) is 2. The quantitative estimate of drug-likeness (QED) is 0.772. The number of nitrogens with zero attached hydrogens (tertiary/aromatic N) is 2. The molecule has 1 aromatic rings. The van der Waals surface area contributed by atoms with E-state index in [0.717, 1.165) is 30.9 Å². The van der Waals surface area contributed by atoms with Crippen molar-refractivity contribution in [2.45, 2.75) is 46.1 Å². The molecule has 2 N–H and O–H groups in total. The van der Waals surface area contributed by atoms with Crippen molar-refractivity contribution in [1.82, 2.24) is 9.88 Å². The summed E-state index contributed by atoms with van der Waals surface area (Å²) in [4.78, 5) is 18.6. The Bertz CT molecular complexity index is 461. The Morgan fingerprint density at radius 1 is 1.43 bits per heavy atom. The molecule has 5 nitrogen and oxygen atoms in total. The van der Waals surface area contributed by atoms with Crippen LogP contribution in [-0.2, 0) is 6.42 Å². The Labute approximate surface area is 127 Å². The fourth-order valence-corrected chi connectivity index (χ4v) is 1.94. The smallest absolute Gasteiger partial charge is 0.253 e. The molecule has 0 bridgehead atoms. The van der Waals surface area contributed by atoms with Gasteiger partial charge in [0, 0.05) is 31.4 Å². The highest BCUT2D eigenvalue weighted by Gasteiger charge is 2.14. The molecule has 1 unspecified atom stereocenters. The summed E-state index contributed by atoms with van der Waals surface area (Å²) in [5.74, 6) is 0.718. The summed E-state index contributed by atoms with van der Waals surface area (Å²) in [6.07, 6.45) is 1.98. The van der Waals surface area contributed by atoms with E-state index in [1.54, 1.807) is 24.9 Å². The molecule has 5 heteroatoms. The van der Waals surface area contributed by atoms with Gasteiger partial charge >= 0.3 is 0 Å². The van der Waals surface area contributed by atoms with Gasteiger partial charge in [0.1, 0.15) is 5.82 Å². The van der Waals surface area contributed by atoms with E-state index in [1.807, 2.05) is 13.0 Å². The molecule has 1 amide bonds. The molecular weight excluding hydrogens is 266 g/mol. The van der Waals surface area contributed by atoms with E-state index >= 15 is 0 Å². The Kier molecular flexibility index (Phi) is 7.15. The fraction of sp³-hybridized carbons (Fsp3) is 0.625. The van der Waals surface area contributed by atoms with Crippen molar-refractivity contribution in [3.63, 3.8) is 0 Å². The van der Waals surface area contributed by atoms with Crippen molar-refractivity contribution in [2.24, 2.45) is 0 Å². The molecule has 0 spiro atoms. The highest BCUT2D eigenvalue weighted by Crippen LogP contribution is 2.13. The minimum atomic E-state index is -0.398. The lowest BCUT2D eigenvalue weighted by Crippen LogP contribution is -2.29. The van der Waals surface area contributed by atoms with Gasteiger partial charge < -0.3 is 15.3 Å². The van der Waals surface area contributed by atoms with Gasteiger partial charge in [0.2, 0.25) is 0 Å². The minimum Gasteiger partial charge on any atom is -0.393 e. The molecule has 0 fully saturated rings. The van der Waals surface area contributed by atoms with Crippen molar-refractivity contribution >= 4 is 11.7 Å². The van der Waals surface area contributed by atoms with Gasteiger partial charge in [-0.3, -0.25) is 4.79 Å². The van der Waals surface area contributed by atoms with Gasteiger partial charge in [-0.05, 0) is 38.3 Å². The maximum atomic E-state index is 12.4. The largest absolute Gasteiger partial charge is 0.393 e. The maximum absolute atomic E-state index is 12.4. The average molecular weight is 293 g/mol. The number of carbonyl (C=O) groups is 1. The number of aliphatic hydroxyl groups is 1. The molecule has 118 valence electrons. The molecule has 1 atom stereocenters. The van der Waals surface area contributed by atoms with Crippen molar-refractivity contribution in [3.8, 4) is 0 Å². The number of amides is 1. The van der Waals surface area contributed by atoms with E-state index in [9.17, 15) is 9.90 Å². The van der Waals surface area contributed by atoms with Gasteiger partial charge in [0.25, 0.3) is 5.91 Å². The van der Waals surface area contributed by atoms with Gasteiger partial charge in [-0.25, -0.2) is 4.98 Å². The van der Waals surface area contributed by atoms with E-state index in [4.69, 9.17) is 0 Å². The van der Waals surface area contributed by atoms with E-state index in [0.29, 0.717) is 18.5 Å². The molecule has 0 aliphatic rings. The number of anilines is 1. The number of aliphatic hydroxyl groups excluding tert-OH is 1. The summed E-state index contributed by atoms with van der Waals surface area (Å²) >= 11 is 0. The second-order valence-electron chi connectivity index (χ2n) is 5.38. The van der Waals surface area contributed by atoms with Crippen molar-refractivity contribution in [2.75, 3.05) is 25.5 Å². The molecule has 0 saturated heterocycles. The van der Waals surface area contributed by atoms with Crippen LogP contribution in [0.3, 0.4) is 0 Å². The first-order valence-electron chi connectivity index (χ1n) is 7.66. The summed E-state index contributed by atoms with van der Waals surface area (Å²) < 4.78 is 0. The first-order valence-corrected chi connectivity index (χ1v) is 7.66. The predicted octanol–water partition coefficient (Wildman–Crippen LogP) is 2.31. The van der Waals surface area contributed by atoms with E-state index in [2.05, 4.69) is 17.2 Å². The first kappa shape index (κ1) is 17.4. The number of carbonyl (C=O) groups excluding carboxylic acids is 1. The van der Waals surface area contributed by atoms with Gasteiger partial charge in [-0.1, -0.05) is 13.8 Å². The second kappa shape index (κ2) is 8.62. The van der Waals surface area contributed by atoms with Gasteiger partial charge in [-0.2, -0.15) is 0 Å². The molecule has 1 aromatic heterocycles. The maximum Gasteiger partial charge on any atom is 0.253 e. The van der Waals surface area contributed by atoms with Gasteiger partial charge in [0.05, 0.1) is 6.10 Å². The van der Waals surface area contributed by atoms with Crippen LogP contribution in [0, 0.1) is 0 Å². The zero-order valence-corrected chi connectivity index (χ0v) is 13.5. The monoisotopic (exact) mass is 293 g/mol. The van der Waals surface area contributed by atoms with Crippen LogP contribution < -0.4 is 5.32 Å². The third kappa shape index (κ3) is 5.71. The number of aromatic nitrogens is 1. The number of rotatable bonds is 8. The third-order valence-corrected chi connectivity index (χ3v) is 3.27. The highest BCUT2D eigenvalue weighted by atomic mass is 16.3. The second-order valence-corrected chi connectivity index (χ2v) is 5.38. The Balaban J connectivity index is 2.86. The first-order chi connectivity index (χ1) is 9.97. The Morgan fingerprint density at radius 3 is 2.71 bits per heavy atom. The van der Waals surface area contributed by atoms with Crippen LogP contribution in [0.1, 0.15) is 49.7 Å². The van der Waals surface area contributed by atoms with Crippen molar-refractivity contribution in [1.29, 1.82) is 0 Å². The lowest BCUT2D eigenvalue weighted by atomic mass is 10.1. The minimum absolute atomic E-state index is 0.0349. The van der Waals surface area contributed by atoms with Crippen LogP contribution in [0.5, 0.6) is 0 Å². The summed E-state index contributed by atoms with van der Waals surface area (Å²) in [6, 6.07) is 3.65. The topological polar surface area (TPSA) is 65.5 Å². The molecule has 0 saturated carbocycles. The van der Waals surface area contributed by atoms with Crippen molar-refractivity contribution in [3.05, 3.63) is 23.4 Å². The molecule has 21 heavy (non-hydrogen) atoms. The van der Waals surface area contributed by atoms with E-state index < -0.39 is 6.10 Å². The third-order valence-electron chi connectivity index (χ3n) is 3.27. The van der Waals surface area contributed by atoms with E-state index in [-0.39, 0.29) is 5.91 Å². The van der Waals surface area contributed by atoms with Crippen LogP contribution >= 0.6 is 0 Å². The molecule has 0 aliphatic heterocycles. The molecule has 0 radical (unpaired) electrons. The SMILES string of the molecule is CCCNc1cc(C(=O)N(C)CCC(C)O)cc(CC)n1. The number of hydrogen-bond acceptors (Lipinski definition) is 4. The van der Waals surface area contributed by atoms with Crippen LogP contribution in [0.15, 0.2) is 12.1 Å². The number of nitrogens with one attached hydrogen (secondary N) is 1. The lowest BCUT2D eigenvalue weighted by molar-refractivity contribution is 0.0769. The molecule has 1 rings (SSSR count). The predicted molar refractivity (Wildman–Crippen MR) is 85.7 cm³/mol. The average Bonchev–Trinajstić information content (AvgIpc) is 2.49. The lowest BCUT2D eigenvalue weighted by Gasteiger charge is -2.19. The number of pyridine rings is 1. The summed E-state index contributed by atoms with van der Waals surface area (Å²) in [5, 5.41) is 12.6. The summed E-state index contributed by atoms with van der Waals surface area (Å²) in [5.41, 5.74) is 1.55. The fourth-order valence-electron chi connectivity index (χ4n) is 1.94. The molecule has 0 aliphatic carbocycles. The number of aryl methyl sites for hydroxylation is 1. The highest BCUT2D eigenvalue weighted by molar-refractivity contribution is 5.94. The molecular formula is C16H27N3O2. The zero-order valence-electron chi connectivity index (χ0n) is 13.5. The Hall–Kier alpha value is -1.62. The van der Waals surface area contributed by atoms with Crippen LogP contribution in [-0.4, -0.2) is 47.1 Å². The van der Waals surface area contributed by atoms with Crippen molar-refractivity contribution < 1.29 is 9.90 Å². The zero-order chi connectivity index (χ0) is 15.8. The molecule has 0 aromatic carbocycles. The Morgan fingerprint density at radius 2 is 2.14 bits per heavy atom. The van der Waals surface area contributed by atoms with Gasteiger partial charge in [-0.15, -0.1) is 0 Å². The molecule has 1 heterocycles. The van der Waals surface area contributed by atoms with Crippen LogP contribution in [0.2, 0.25) is 0 Å². The standard InChI is InChI=1S/C16H27N3O2/c1-5-8-17-15-11-13(10-14(6-2)18-15)16(21)19(4)9-7-12(3)20/h10-12,20H,5-9H2,1-4H3,(H,17,18). The normalized spacial score (nSPS) is 12.0. The van der Waals surface area contributed by atoms with Crippen LogP contribution in [0.4, 0.5) is 5.82 Å².